The average Bonchev–Trinajstić information content (AvgIpc) is 2.73. The van der Waals surface area contributed by atoms with Crippen molar-refractivity contribution in [1.29, 1.82) is 0 Å². The predicted molar refractivity (Wildman–Crippen MR) is 123 cm³/mol. The van der Waals surface area contributed by atoms with E-state index in [9.17, 15) is 9.59 Å². The second-order valence-electron chi connectivity index (χ2n) is 6.56. The number of ether oxygens (including phenoxy) is 1. The number of halogens is 2. The van der Waals surface area contributed by atoms with Gasteiger partial charge in [-0.1, -0.05) is 41.4 Å². The molecular formula is C23H19Cl2N3O3. The number of nitrogens with one attached hydrogen (secondary N) is 2. The lowest BCUT2D eigenvalue weighted by Crippen LogP contribution is -2.18. The van der Waals surface area contributed by atoms with Gasteiger partial charge in [0, 0.05) is 33.8 Å². The standard InChI is InChI=1S/C23H19Cl2N3O3/c1-15(29)27-21-7-3-5-17(12-21)23(30)28-26-13-18-11-20(25)8-9-22(18)31-14-16-4-2-6-19(24)10-16/h2-13H,14H2,1H3,(H,27,29)(H,28,30). The normalized spacial score (nSPS) is 10.7. The highest BCUT2D eigenvalue weighted by Crippen LogP contribution is 2.23. The zero-order chi connectivity index (χ0) is 22.2. The molecule has 0 heterocycles. The van der Waals surface area contributed by atoms with Crippen LogP contribution in [0.2, 0.25) is 10.0 Å². The maximum absolute atomic E-state index is 12.4. The fraction of sp³-hybridized carbons (Fsp3) is 0.0870. The third-order valence-corrected chi connectivity index (χ3v) is 4.54. The summed E-state index contributed by atoms with van der Waals surface area (Å²) in [5.41, 5.74) is 4.85. The first-order valence-electron chi connectivity index (χ1n) is 9.28. The first-order chi connectivity index (χ1) is 14.9. The van der Waals surface area contributed by atoms with E-state index in [-0.39, 0.29) is 5.91 Å². The quantitative estimate of drug-likeness (QED) is 0.374. The van der Waals surface area contributed by atoms with Gasteiger partial charge in [0.15, 0.2) is 0 Å². The van der Waals surface area contributed by atoms with Crippen molar-refractivity contribution in [2.75, 3.05) is 5.32 Å². The van der Waals surface area contributed by atoms with Crippen molar-refractivity contribution in [3.05, 3.63) is 93.5 Å². The molecule has 8 heteroatoms. The molecule has 0 fully saturated rings. The molecule has 0 aromatic heterocycles. The fourth-order valence-electron chi connectivity index (χ4n) is 2.71. The maximum Gasteiger partial charge on any atom is 0.271 e. The summed E-state index contributed by atoms with van der Waals surface area (Å²) in [6.45, 7) is 1.71. The molecule has 0 atom stereocenters. The van der Waals surface area contributed by atoms with Crippen molar-refractivity contribution < 1.29 is 14.3 Å². The number of carbonyl (C=O) groups is 2. The van der Waals surface area contributed by atoms with Crippen molar-refractivity contribution in [3.8, 4) is 5.75 Å². The van der Waals surface area contributed by atoms with Crippen molar-refractivity contribution in [1.82, 2.24) is 5.43 Å². The van der Waals surface area contributed by atoms with Gasteiger partial charge in [0.05, 0.1) is 6.21 Å². The average molecular weight is 456 g/mol. The third kappa shape index (κ3) is 6.84. The molecule has 0 saturated carbocycles. The second-order valence-corrected chi connectivity index (χ2v) is 7.43. The Balaban J connectivity index is 1.68. The zero-order valence-corrected chi connectivity index (χ0v) is 18.1. The predicted octanol–water partition coefficient (Wildman–Crippen LogP) is 5.29. The van der Waals surface area contributed by atoms with Gasteiger partial charge in [-0.3, -0.25) is 9.59 Å². The molecule has 0 aliphatic carbocycles. The lowest BCUT2D eigenvalue weighted by atomic mass is 10.2. The van der Waals surface area contributed by atoms with Gasteiger partial charge in [0.25, 0.3) is 5.91 Å². The third-order valence-electron chi connectivity index (χ3n) is 4.07. The van der Waals surface area contributed by atoms with Gasteiger partial charge < -0.3 is 10.1 Å². The van der Waals surface area contributed by atoms with Gasteiger partial charge in [-0.05, 0) is 54.1 Å². The molecule has 158 valence electrons. The number of nitrogens with zero attached hydrogens (tertiary/aromatic N) is 1. The summed E-state index contributed by atoms with van der Waals surface area (Å²) in [6.07, 6.45) is 1.45. The number of rotatable bonds is 7. The number of hydrogen-bond donors (Lipinski definition) is 2. The molecule has 0 unspecified atom stereocenters. The Hall–Kier alpha value is -3.35. The largest absolute Gasteiger partial charge is 0.488 e. The molecule has 3 aromatic rings. The van der Waals surface area contributed by atoms with Gasteiger partial charge in [-0.15, -0.1) is 0 Å². The maximum atomic E-state index is 12.4. The number of anilines is 1. The summed E-state index contributed by atoms with van der Waals surface area (Å²) in [5, 5.41) is 7.77. The van der Waals surface area contributed by atoms with Crippen LogP contribution in [-0.4, -0.2) is 18.0 Å². The molecule has 3 rings (SSSR count). The van der Waals surface area contributed by atoms with Crippen molar-refractivity contribution in [2.24, 2.45) is 5.10 Å². The van der Waals surface area contributed by atoms with Crippen LogP contribution in [0.15, 0.2) is 71.8 Å². The lowest BCUT2D eigenvalue weighted by molar-refractivity contribution is -0.114. The van der Waals surface area contributed by atoms with Crippen LogP contribution in [0.3, 0.4) is 0 Å². The molecule has 0 aliphatic heterocycles. The van der Waals surface area contributed by atoms with Crippen molar-refractivity contribution in [3.63, 3.8) is 0 Å². The molecule has 0 saturated heterocycles. The van der Waals surface area contributed by atoms with E-state index in [1.807, 2.05) is 18.2 Å². The van der Waals surface area contributed by atoms with Gasteiger partial charge in [-0.2, -0.15) is 5.10 Å². The van der Waals surface area contributed by atoms with E-state index in [0.717, 1.165) is 5.56 Å². The van der Waals surface area contributed by atoms with Gasteiger partial charge >= 0.3 is 0 Å². The summed E-state index contributed by atoms with van der Waals surface area (Å²) in [6, 6.07) is 19.0. The molecule has 3 aromatic carbocycles. The van der Waals surface area contributed by atoms with E-state index in [1.165, 1.54) is 13.1 Å². The summed E-state index contributed by atoms with van der Waals surface area (Å²) in [4.78, 5) is 23.5. The highest BCUT2D eigenvalue weighted by atomic mass is 35.5. The molecule has 2 N–H and O–H groups in total. The van der Waals surface area contributed by atoms with E-state index in [1.54, 1.807) is 48.5 Å². The number of amides is 2. The lowest BCUT2D eigenvalue weighted by Gasteiger charge is -2.10. The van der Waals surface area contributed by atoms with Crippen LogP contribution < -0.4 is 15.5 Å². The molecule has 2 amide bonds. The van der Waals surface area contributed by atoms with E-state index in [2.05, 4.69) is 15.8 Å². The summed E-state index contributed by atoms with van der Waals surface area (Å²) >= 11 is 12.1. The Morgan fingerprint density at radius 2 is 1.77 bits per heavy atom. The number of hydrazone groups is 1. The topological polar surface area (TPSA) is 79.8 Å². The van der Waals surface area contributed by atoms with Crippen LogP contribution >= 0.6 is 23.2 Å². The Morgan fingerprint density at radius 1 is 1.00 bits per heavy atom. The molecule has 0 bridgehead atoms. The molecule has 31 heavy (non-hydrogen) atoms. The molecular weight excluding hydrogens is 437 g/mol. The van der Waals surface area contributed by atoms with Gasteiger partial charge in [0.1, 0.15) is 12.4 Å². The van der Waals surface area contributed by atoms with Crippen LogP contribution in [0.4, 0.5) is 5.69 Å². The van der Waals surface area contributed by atoms with Crippen molar-refractivity contribution in [2.45, 2.75) is 13.5 Å². The number of carbonyl (C=O) groups excluding carboxylic acids is 2. The second kappa shape index (κ2) is 10.6. The van der Waals surface area contributed by atoms with E-state index in [0.29, 0.717) is 39.2 Å². The smallest absolute Gasteiger partial charge is 0.271 e. The molecule has 0 radical (unpaired) electrons. The molecule has 0 spiro atoms. The number of benzene rings is 3. The van der Waals surface area contributed by atoms with E-state index >= 15 is 0 Å². The molecule has 6 nitrogen and oxygen atoms in total. The van der Waals surface area contributed by atoms with Crippen LogP contribution in [-0.2, 0) is 11.4 Å². The Kier molecular flexibility index (Phi) is 7.65. The Labute approximate surface area is 189 Å². The monoisotopic (exact) mass is 455 g/mol. The van der Waals surface area contributed by atoms with Gasteiger partial charge in [-0.25, -0.2) is 5.43 Å². The molecule has 0 aliphatic rings. The van der Waals surface area contributed by atoms with Crippen LogP contribution in [0, 0.1) is 0 Å². The summed E-state index contributed by atoms with van der Waals surface area (Å²) in [5.74, 6) is -0.0938. The minimum Gasteiger partial charge on any atom is -0.488 e. The SMILES string of the molecule is CC(=O)Nc1cccc(C(=O)NN=Cc2cc(Cl)ccc2OCc2cccc(Cl)c2)c1. The van der Waals surface area contributed by atoms with Crippen LogP contribution in [0.5, 0.6) is 5.75 Å². The number of hydrogen-bond acceptors (Lipinski definition) is 4. The van der Waals surface area contributed by atoms with Crippen LogP contribution in [0.25, 0.3) is 0 Å². The van der Waals surface area contributed by atoms with Crippen molar-refractivity contribution >= 4 is 46.9 Å². The fourth-order valence-corrected chi connectivity index (χ4v) is 3.10. The van der Waals surface area contributed by atoms with Gasteiger partial charge in [0.2, 0.25) is 5.91 Å². The summed E-state index contributed by atoms with van der Waals surface area (Å²) < 4.78 is 5.87. The highest BCUT2D eigenvalue weighted by molar-refractivity contribution is 6.31. The highest BCUT2D eigenvalue weighted by Gasteiger charge is 2.07. The Morgan fingerprint density at radius 3 is 2.55 bits per heavy atom. The first-order valence-corrected chi connectivity index (χ1v) is 10.0. The van der Waals surface area contributed by atoms with Crippen LogP contribution in [0.1, 0.15) is 28.4 Å². The minimum absolute atomic E-state index is 0.221. The Bertz CT molecular complexity index is 1130. The van der Waals surface area contributed by atoms with E-state index in [4.69, 9.17) is 27.9 Å². The summed E-state index contributed by atoms with van der Waals surface area (Å²) in [7, 11) is 0. The first kappa shape index (κ1) is 22.3. The minimum atomic E-state index is -0.424. The zero-order valence-electron chi connectivity index (χ0n) is 16.6. The van der Waals surface area contributed by atoms with E-state index < -0.39 is 5.91 Å².